The second kappa shape index (κ2) is 13.5. The average molecular weight is 598 g/mol. The predicted molar refractivity (Wildman–Crippen MR) is 169 cm³/mol. The van der Waals surface area contributed by atoms with Crippen molar-refractivity contribution in [2.24, 2.45) is 0 Å². The first-order valence-corrected chi connectivity index (χ1v) is 15.5. The quantitative estimate of drug-likeness (QED) is 0.389. The highest BCUT2D eigenvalue weighted by molar-refractivity contribution is 5.92. The topological polar surface area (TPSA) is 88.2 Å². The molecule has 8 nitrogen and oxygen atoms in total. The molecule has 2 aliphatic heterocycles. The van der Waals surface area contributed by atoms with E-state index < -0.39 is 23.8 Å². The number of piperidine rings is 1. The molecule has 0 radical (unpaired) electrons. The van der Waals surface area contributed by atoms with Crippen LogP contribution in [0.15, 0.2) is 78.9 Å². The lowest BCUT2D eigenvalue weighted by atomic mass is 9.88. The van der Waals surface area contributed by atoms with Crippen LogP contribution in [0.3, 0.4) is 0 Å². The molecule has 8 heteroatoms. The molecular weight excluding hydrogens is 554 g/mol. The van der Waals surface area contributed by atoms with Gasteiger partial charge in [-0.2, -0.15) is 0 Å². The fourth-order valence-corrected chi connectivity index (χ4v) is 6.22. The Hall–Kier alpha value is -4.33. The van der Waals surface area contributed by atoms with E-state index >= 15 is 0 Å². The van der Waals surface area contributed by atoms with Gasteiger partial charge in [0.2, 0.25) is 11.8 Å². The van der Waals surface area contributed by atoms with Gasteiger partial charge in [0.05, 0.1) is 13.7 Å². The molecule has 0 saturated carbocycles. The van der Waals surface area contributed by atoms with Gasteiger partial charge in [-0.25, -0.2) is 4.79 Å². The van der Waals surface area contributed by atoms with E-state index in [1.54, 1.807) is 7.11 Å². The molecule has 0 spiro atoms. The maximum absolute atomic E-state index is 14.1. The van der Waals surface area contributed by atoms with Crippen molar-refractivity contribution in [2.75, 3.05) is 20.2 Å². The molecule has 0 aromatic heterocycles. The summed E-state index contributed by atoms with van der Waals surface area (Å²) in [6.45, 7) is 6.86. The molecule has 44 heavy (non-hydrogen) atoms. The number of hydrogen-bond acceptors (Lipinski definition) is 5. The summed E-state index contributed by atoms with van der Waals surface area (Å²) in [5, 5.41) is 3.07. The lowest BCUT2D eigenvalue weighted by molar-refractivity contribution is -0.138. The minimum Gasteiger partial charge on any atom is -0.496 e. The monoisotopic (exact) mass is 597 g/mol. The zero-order chi connectivity index (χ0) is 31.3. The number of amides is 3. The summed E-state index contributed by atoms with van der Waals surface area (Å²) in [7, 11) is 1.68. The third-order valence-corrected chi connectivity index (χ3v) is 8.46. The van der Waals surface area contributed by atoms with Crippen molar-refractivity contribution >= 4 is 17.9 Å². The molecule has 1 fully saturated rings. The van der Waals surface area contributed by atoms with Crippen molar-refractivity contribution in [1.82, 2.24) is 15.1 Å². The number of likely N-dealkylation sites (tertiary alicyclic amines) is 1. The van der Waals surface area contributed by atoms with Crippen LogP contribution in [0.25, 0.3) is 0 Å². The number of carbonyl (C=O) groups excluding carboxylic acids is 3. The van der Waals surface area contributed by atoms with E-state index in [1.807, 2.05) is 98.5 Å². The predicted octanol–water partition coefficient (Wildman–Crippen LogP) is 5.49. The van der Waals surface area contributed by atoms with Gasteiger partial charge >= 0.3 is 6.09 Å². The number of nitrogens with one attached hydrogen (secondary N) is 1. The SMILES string of the molecule is COc1ccccc1C1CCN(C(=O)[C@@H](Cc2ccccc2)NC(=O)[C@@H]2Cc3ccccc3CN2C(=O)OC(C)(C)C)CC1. The van der Waals surface area contributed by atoms with Gasteiger partial charge < -0.3 is 19.7 Å². The van der Waals surface area contributed by atoms with Gasteiger partial charge in [0, 0.05) is 25.9 Å². The Morgan fingerprint density at radius 3 is 2.20 bits per heavy atom. The summed E-state index contributed by atoms with van der Waals surface area (Å²) < 4.78 is 11.3. The van der Waals surface area contributed by atoms with E-state index in [0.29, 0.717) is 31.8 Å². The molecule has 5 rings (SSSR count). The third kappa shape index (κ3) is 7.41. The number of carbonyl (C=O) groups is 3. The zero-order valence-corrected chi connectivity index (χ0v) is 26.1. The Kier molecular flexibility index (Phi) is 9.57. The molecule has 0 bridgehead atoms. The third-order valence-electron chi connectivity index (χ3n) is 8.46. The molecule has 232 valence electrons. The van der Waals surface area contributed by atoms with Crippen molar-refractivity contribution in [3.63, 3.8) is 0 Å². The summed E-state index contributed by atoms with van der Waals surface area (Å²) in [4.78, 5) is 44.8. The van der Waals surface area contributed by atoms with Crippen LogP contribution in [-0.2, 0) is 33.7 Å². The highest BCUT2D eigenvalue weighted by atomic mass is 16.6. The minimum absolute atomic E-state index is 0.110. The molecule has 0 aliphatic carbocycles. The van der Waals surface area contributed by atoms with Crippen molar-refractivity contribution in [1.29, 1.82) is 0 Å². The molecule has 1 N–H and O–H groups in total. The van der Waals surface area contributed by atoms with Crippen LogP contribution >= 0.6 is 0 Å². The van der Waals surface area contributed by atoms with Crippen LogP contribution in [0.4, 0.5) is 4.79 Å². The van der Waals surface area contributed by atoms with E-state index in [-0.39, 0.29) is 18.4 Å². The van der Waals surface area contributed by atoms with Crippen LogP contribution in [0, 0.1) is 0 Å². The fraction of sp³-hybridized carbons (Fsp3) is 0.417. The first-order valence-electron chi connectivity index (χ1n) is 15.5. The molecule has 2 atom stereocenters. The summed E-state index contributed by atoms with van der Waals surface area (Å²) in [5.74, 6) is 0.696. The smallest absolute Gasteiger partial charge is 0.411 e. The lowest BCUT2D eigenvalue weighted by Gasteiger charge is -2.38. The Labute approximate surface area is 260 Å². The average Bonchev–Trinajstić information content (AvgIpc) is 3.03. The number of nitrogens with zero attached hydrogens (tertiary/aromatic N) is 2. The highest BCUT2D eigenvalue weighted by Gasteiger charge is 2.39. The van der Waals surface area contributed by atoms with E-state index in [4.69, 9.17) is 9.47 Å². The lowest BCUT2D eigenvalue weighted by Crippen LogP contribution is -2.58. The molecule has 0 unspecified atom stereocenters. The van der Waals surface area contributed by atoms with Gasteiger partial charge in [-0.3, -0.25) is 14.5 Å². The number of methoxy groups -OCH3 is 1. The van der Waals surface area contributed by atoms with E-state index in [1.165, 1.54) is 4.90 Å². The Bertz CT molecular complexity index is 1460. The van der Waals surface area contributed by atoms with Gasteiger partial charge in [-0.15, -0.1) is 0 Å². The Morgan fingerprint density at radius 1 is 0.886 bits per heavy atom. The molecular formula is C36H43N3O5. The maximum atomic E-state index is 14.1. The van der Waals surface area contributed by atoms with E-state index in [9.17, 15) is 14.4 Å². The number of hydrogen-bond donors (Lipinski definition) is 1. The van der Waals surface area contributed by atoms with Crippen LogP contribution in [0.2, 0.25) is 0 Å². The van der Waals surface area contributed by atoms with Crippen LogP contribution in [-0.4, -0.2) is 65.6 Å². The molecule has 2 heterocycles. The van der Waals surface area contributed by atoms with Crippen molar-refractivity contribution in [3.8, 4) is 5.75 Å². The number of fused-ring (bicyclic) bond motifs is 1. The zero-order valence-electron chi connectivity index (χ0n) is 26.1. The summed E-state index contributed by atoms with van der Waals surface area (Å²) in [6, 6.07) is 24.0. The van der Waals surface area contributed by atoms with Crippen LogP contribution < -0.4 is 10.1 Å². The van der Waals surface area contributed by atoms with Gasteiger partial charge in [-0.05, 0) is 67.9 Å². The van der Waals surface area contributed by atoms with Crippen molar-refractivity contribution in [3.05, 3.63) is 101 Å². The summed E-state index contributed by atoms with van der Waals surface area (Å²) in [5.41, 5.74) is 3.40. The summed E-state index contributed by atoms with van der Waals surface area (Å²) >= 11 is 0. The normalized spacial score (nSPS) is 17.8. The van der Waals surface area contributed by atoms with Gasteiger partial charge in [-0.1, -0.05) is 72.8 Å². The molecule has 3 aromatic carbocycles. The highest BCUT2D eigenvalue weighted by Crippen LogP contribution is 2.34. The number of para-hydroxylation sites is 1. The summed E-state index contributed by atoms with van der Waals surface area (Å²) in [6.07, 6.45) is 1.77. The number of ether oxygens (including phenoxy) is 2. The minimum atomic E-state index is -0.804. The fourth-order valence-electron chi connectivity index (χ4n) is 6.22. The Morgan fingerprint density at radius 2 is 1.52 bits per heavy atom. The maximum Gasteiger partial charge on any atom is 0.411 e. The van der Waals surface area contributed by atoms with E-state index in [0.717, 1.165) is 40.8 Å². The standard InChI is InChI=1S/C36H43N3O5/c1-36(2,3)44-35(42)39-24-28-15-9-8-14-27(28)23-31(39)33(40)37-30(22-25-12-6-5-7-13-25)34(41)38-20-18-26(19-21-38)29-16-10-11-17-32(29)43-4/h5-17,26,30-31H,18-24H2,1-4H3,(H,37,40)/t30-,31+/m1/s1. The van der Waals surface area contributed by atoms with Crippen molar-refractivity contribution in [2.45, 2.75) is 76.6 Å². The molecule has 2 aliphatic rings. The van der Waals surface area contributed by atoms with Gasteiger partial charge in [0.15, 0.2) is 0 Å². The molecule has 3 amide bonds. The van der Waals surface area contributed by atoms with Crippen LogP contribution in [0.5, 0.6) is 5.75 Å². The molecule has 3 aromatic rings. The largest absolute Gasteiger partial charge is 0.496 e. The first-order chi connectivity index (χ1) is 21.1. The van der Waals surface area contributed by atoms with Crippen LogP contribution in [0.1, 0.15) is 61.8 Å². The van der Waals surface area contributed by atoms with E-state index in [2.05, 4.69) is 11.4 Å². The first kappa shape index (κ1) is 31.1. The van der Waals surface area contributed by atoms with Crippen molar-refractivity contribution < 1.29 is 23.9 Å². The van der Waals surface area contributed by atoms with Gasteiger partial charge in [0.1, 0.15) is 23.4 Å². The Balaban J connectivity index is 1.35. The molecule has 1 saturated heterocycles. The second-order valence-electron chi connectivity index (χ2n) is 12.7. The van der Waals surface area contributed by atoms with Gasteiger partial charge in [0.25, 0.3) is 0 Å². The number of rotatable bonds is 7. The second-order valence-corrected chi connectivity index (χ2v) is 12.7. The number of benzene rings is 3.